The van der Waals surface area contributed by atoms with Crippen LogP contribution in [0.4, 0.5) is 0 Å². The van der Waals surface area contributed by atoms with Gasteiger partial charge in [0, 0.05) is 12.6 Å². The van der Waals surface area contributed by atoms with Crippen LogP contribution in [0, 0.1) is 17.2 Å². The number of hydrogen-bond donors (Lipinski definition) is 1. The zero-order valence-electron chi connectivity index (χ0n) is 13.6. The van der Waals surface area contributed by atoms with Gasteiger partial charge in [0.25, 0.3) is 0 Å². The van der Waals surface area contributed by atoms with Crippen LogP contribution >= 0.6 is 0 Å². The van der Waals surface area contributed by atoms with Crippen molar-refractivity contribution in [2.75, 3.05) is 13.1 Å². The summed E-state index contributed by atoms with van der Waals surface area (Å²) in [7, 11) is 0. The van der Waals surface area contributed by atoms with Gasteiger partial charge >= 0.3 is 0 Å². The molecule has 0 saturated heterocycles. The van der Waals surface area contributed by atoms with Gasteiger partial charge in [0.2, 0.25) is 0 Å². The first-order chi connectivity index (χ1) is 8.92. The Bertz CT molecular complexity index is 266. The highest BCUT2D eigenvalue weighted by Crippen LogP contribution is 2.17. The number of nitrogens with zero attached hydrogens (tertiary/aromatic N) is 2. The molecular weight excluding hydrogens is 234 g/mol. The van der Waals surface area contributed by atoms with Gasteiger partial charge in [-0.1, -0.05) is 34.6 Å². The van der Waals surface area contributed by atoms with Gasteiger partial charge in [-0.05, 0) is 44.6 Å². The molecule has 0 aliphatic rings. The Morgan fingerprint density at radius 2 is 1.79 bits per heavy atom. The second-order valence-corrected chi connectivity index (χ2v) is 6.08. The van der Waals surface area contributed by atoms with Gasteiger partial charge < -0.3 is 10.6 Å². The van der Waals surface area contributed by atoms with Gasteiger partial charge in [-0.25, -0.2) is 0 Å². The molecule has 0 aromatic carbocycles. The molecule has 0 heterocycles. The maximum Gasteiger partial charge on any atom is 0.104 e. The first-order valence-electron chi connectivity index (χ1n) is 7.86. The number of nitriles is 1. The SMILES string of the molecule is CCC(CC)N(CCCC(N)(C#N)CC)CC(C)C. The van der Waals surface area contributed by atoms with E-state index < -0.39 is 5.54 Å². The lowest BCUT2D eigenvalue weighted by molar-refractivity contribution is 0.160. The average molecular weight is 267 g/mol. The molecule has 1 unspecified atom stereocenters. The molecule has 2 N–H and O–H groups in total. The molecule has 0 aliphatic carbocycles. The number of rotatable bonds is 10. The fraction of sp³-hybridized carbons (Fsp3) is 0.938. The predicted octanol–water partition coefficient (Wildman–Crippen LogP) is 3.54. The summed E-state index contributed by atoms with van der Waals surface area (Å²) in [6.07, 6.45) is 4.94. The molecule has 0 bridgehead atoms. The highest BCUT2D eigenvalue weighted by Gasteiger charge is 2.23. The summed E-state index contributed by atoms with van der Waals surface area (Å²) in [5.74, 6) is 0.686. The second-order valence-electron chi connectivity index (χ2n) is 6.08. The van der Waals surface area contributed by atoms with Crippen molar-refractivity contribution in [1.29, 1.82) is 5.26 Å². The summed E-state index contributed by atoms with van der Waals surface area (Å²) in [5.41, 5.74) is 5.42. The molecule has 0 aliphatic heterocycles. The average Bonchev–Trinajstić information content (AvgIpc) is 2.39. The molecule has 0 fully saturated rings. The smallest absolute Gasteiger partial charge is 0.104 e. The maximum absolute atomic E-state index is 9.11. The summed E-state index contributed by atoms with van der Waals surface area (Å²) in [6.45, 7) is 13.3. The Morgan fingerprint density at radius 3 is 2.16 bits per heavy atom. The molecule has 0 aromatic rings. The summed E-state index contributed by atoms with van der Waals surface area (Å²) in [6, 6.07) is 2.92. The van der Waals surface area contributed by atoms with Crippen molar-refractivity contribution in [2.24, 2.45) is 11.7 Å². The zero-order chi connectivity index (χ0) is 14.9. The van der Waals surface area contributed by atoms with E-state index in [-0.39, 0.29) is 0 Å². The van der Waals surface area contributed by atoms with E-state index in [2.05, 4.69) is 38.7 Å². The predicted molar refractivity (Wildman–Crippen MR) is 82.8 cm³/mol. The van der Waals surface area contributed by atoms with Crippen LogP contribution in [-0.2, 0) is 0 Å². The largest absolute Gasteiger partial charge is 0.313 e. The van der Waals surface area contributed by atoms with E-state index in [1.807, 2.05) is 6.92 Å². The van der Waals surface area contributed by atoms with E-state index >= 15 is 0 Å². The van der Waals surface area contributed by atoms with Crippen LogP contribution in [0.2, 0.25) is 0 Å². The van der Waals surface area contributed by atoms with Gasteiger partial charge in [-0.3, -0.25) is 0 Å². The van der Waals surface area contributed by atoms with E-state index in [9.17, 15) is 0 Å². The van der Waals surface area contributed by atoms with Crippen LogP contribution in [0.15, 0.2) is 0 Å². The second kappa shape index (κ2) is 9.34. The molecule has 19 heavy (non-hydrogen) atoms. The van der Waals surface area contributed by atoms with Crippen molar-refractivity contribution in [3.05, 3.63) is 0 Å². The fourth-order valence-corrected chi connectivity index (χ4v) is 2.61. The van der Waals surface area contributed by atoms with Gasteiger partial charge in [-0.15, -0.1) is 0 Å². The minimum absolute atomic E-state index is 0.628. The van der Waals surface area contributed by atoms with Crippen LogP contribution in [0.25, 0.3) is 0 Å². The van der Waals surface area contributed by atoms with E-state index in [1.165, 1.54) is 12.8 Å². The molecule has 0 amide bonds. The molecule has 1 atom stereocenters. The highest BCUT2D eigenvalue weighted by atomic mass is 15.1. The molecular formula is C16H33N3. The first kappa shape index (κ1) is 18.4. The monoisotopic (exact) mass is 267 g/mol. The van der Waals surface area contributed by atoms with Gasteiger partial charge in [0.05, 0.1) is 6.07 Å². The van der Waals surface area contributed by atoms with Crippen LogP contribution in [0.3, 0.4) is 0 Å². The molecule has 3 heteroatoms. The van der Waals surface area contributed by atoms with Crippen LogP contribution in [-0.4, -0.2) is 29.6 Å². The summed E-state index contributed by atoms with van der Waals surface area (Å²) < 4.78 is 0. The highest BCUT2D eigenvalue weighted by molar-refractivity contribution is 5.03. The van der Waals surface area contributed by atoms with Crippen molar-refractivity contribution in [3.63, 3.8) is 0 Å². The van der Waals surface area contributed by atoms with Gasteiger partial charge in [0.1, 0.15) is 5.54 Å². The van der Waals surface area contributed by atoms with Crippen molar-refractivity contribution >= 4 is 0 Å². The third-order valence-electron chi connectivity index (χ3n) is 3.98. The Hall–Kier alpha value is -0.590. The molecule has 3 nitrogen and oxygen atoms in total. The third-order valence-corrected chi connectivity index (χ3v) is 3.98. The van der Waals surface area contributed by atoms with E-state index in [4.69, 9.17) is 11.0 Å². The van der Waals surface area contributed by atoms with Crippen LogP contribution < -0.4 is 5.73 Å². The lowest BCUT2D eigenvalue weighted by atomic mass is 9.93. The van der Waals surface area contributed by atoms with Gasteiger partial charge in [0.15, 0.2) is 0 Å². The topological polar surface area (TPSA) is 53.0 Å². The molecule has 0 radical (unpaired) electrons. The molecule has 0 spiro atoms. The normalized spacial score (nSPS) is 14.9. The maximum atomic E-state index is 9.11. The Morgan fingerprint density at radius 1 is 1.21 bits per heavy atom. The van der Waals surface area contributed by atoms with Crippen LogP contribution in [0.1, 0.15) is 66.7 Å². The van der Waals surface area contributed by atoms with Gasteiger partial charge in [-0.2, -0.15) is 5.26 Å². The fourth-order valence-electron chi connectivity index (χ4n) is 2.61. The first-order valence-corrected chi connectivity index (χ1v) is 7.86. The summed E-state index contributed by atoms with van der Waals surface area (Å²) >= 11 is 0. The van der Waals surface area contributed by atoms with Crippen molar-refractivity contribution in [1.82, 2.24) is 4.90 Å². The lowest BCUT2D eigenvalue weighted by Gasteiger charge is -2.32. The van der Waals surface area contributed by atoms with Crippen molar-refractivity contribution in [3.8, 4) is 6.07 Å². The van der Waals surface area contributed by atoms with E-state index in [0.29, 0.717) is 12.0 Å². The number of hydrogen-bond acceptors (Lipinski definition) is 3. The van der Waals surface area contributed by atoms with E-state index in [0.717, 1.165) is 32.4 Å². The minimum Gasteiger partial charge on any atom is -0.313 e. The zero-order valence-corrected chi connectivity index (χ0v) is 13.6. The molecule has 0 saturated carbocycles. The summed E-state index contributed by atoms with van der Waals surface area (Å²) in [4.78, 5) is 2.58. The summed E-state index contributed by atoms with van der Waals surface area (Å²) in [5, 5.41) is 9.11. The van der Waals surface area contributed by atoms with E-state index in [1.54, 1.807) is 0 Å². The van der Waals surface area contributed by atoms with Crippen molar-refractivity contribution in [2.45, 2.75) is 78.3 Å². The number of nitrogens with two attached hydrogens (primary N) is 1. The quantitative estimate of drug-likeness (QED) is 0.658. The minimum atomic E-state index is -0.628. The molecule has 0 aromatic heterocycles. The standard InChI is InChI=1S/C16H33N3/c1-6-15(7-2)19(12-14(4)5)11-9-10-16(18,8-3)13-17/h14-15H,6-12,18H2,1-5H3. The Balaban J connectivity index is 4.38. The van der Waals surface area contributed by atoms with Crippen molar-refractivity contribution < 1.29 is 0 Å². The Labute approximate surface area is 120 Å². The molecule has 0 rings (SSSR count). The van der Waals surface area contributed by atoms with Crippen LogP contribution in [0.5, 0.6) is 0 Å². The molecule has 112 valence electrons. The third kappa shape index (κ3) is 6.94. The Kier molecular flexibility index (Phi) is 9.05. The lowest BCUT2D eigenvalue weighted by Crippen LogP contribution is -2.41.